The van der Waals surface area contributed by atoms with Crippen molar-refractivity contribution in [3.05, 3.63) is 53.4 Å². The summed E-state index contributed by atoms with van der Waals surface area (Å²) in [6.07, 6.45) is -0.633. The fraction of sp³-hybridized carbons (Fsp3) is 0.154. The highest BCUT2D eigenvalue weighted by Gasteiger charge is 2.12. The summed E-state index contributed by atoms with van der Waals surface area (Å²) in [5, 5.41) is 24.3. The summed E-state index contributed by atoms with van der Waals surface area (Å²) in [4.78, 5) is 2.40. The number of aromatic nitrogens is 4. The van der Waals surface area contributed by atoms with Crippen LogP contribution in [0.15, 0.2) is 47.8 Å². The molecule has 0 bridgehead atoms. The van der Waals surface area contributed by atoms with E-state index in [1.807, 2.05) is 47.8 Å². The van der Waals surface area contributed by atoms with Crippen LogP contribution >= 0.6 is 11.3 Å². The maximum absolute atomic E-state index is 10.1. The molecule has 0 aliphatic carbocycles. The van der Waals surface area contributed by atoms with Gasteiger partial charge in [0, 0.05) is 0 Å². The van der Waals surface area contributed by atoms with Crippen LogP contribution in [0.3, 0.4) is 0 Å². The number of aliphatic hydroxyl groups excluding tert-OH is 1. The summed E-state index contributed by atoms with van der Waals surface area (Å²) >= 11 is 1.56. The Bertz CT molecular complexity index is 636. The molecule has 0 saturated heterocycles. The maximum atomic E-state index is 10.1. The minimum Gasteiger partial charge on any atom is -0.386 e. The van der Waals surface area contributed by atoms with Gasteiger partial charge < -0.3 is 5.11 Å². The zero-order chi connectivity index (χ0) is 13.1. The number of rotatable bonds is 4. The van der Waals surface area contributed by atoms with Gasteiger partial charge in [-0.05, 0) is 22.2 Å². The van der Waals surface area contributed by atoms with Gasteiger partial charge in [-0.25, -0.2) is 0 Å². The first-order valence-corrected chi connectivity index (χ1v) is 6.75. The van der Waals surface area contributed by atoms with Crippen molar-refractivity contribution in [1.82, 2.24) is 20.2 Å². The highest BCUT2D eigenvalue weighted by molar-refractivity contribution is 7.13. The summed E-state index contributed by atoms with van der Waals surface area (Å²) in [6, 6.07) is 13.3. The lowest BCUT2D eigenvalue weighted by Crippen LogP contribution is -2.11. The van der Waals surface area contributed by atoms with Crippen LogP contribution in [0.25, 0.3) is 10.7 Å². The van der Waals surface area contributed by atoms with E-state index >= 15 is 0 Å². The molecular weight excluding hydrogens is 260 g/mol. The third-order valence-electron chi connectivity index (χ3n) is 2.71. The molecule has 6 heteroatoms. The second-order valence-electron chi connectivity index (χ2n) is 4.07. The minimum absolute atomic E-state index is 0.294. The van der Waals surface area contributed by atoms with Crippen LogP contribution < -0.4 is 0 Å². The number of hydrogen-bond donors (Lipinski definition) is 1. The predicted octanol–water partition coefficient (Wildman–Crippen LogP) is 2.14. The van der Waals surface area contributed by atoms with Gasteiger partial charge in [0.25, 0.3) is 0 Å². The van der Waals surface area contributed by atoms with E-state index < -0.39 is 6.10 Å². The Morgan fingerprint density at radius 1 is 1.16 bits per heavy atom. The van der Waals surface area contributed by atoms with E-state index in [1.165, 1.54) is 4.80 Å². The smallest absolute Gasteiger partial charge is 0.214 e. The number of tetrazole rings is 1. The molecule has 1 atom stereocenters. The van der Waals surface area contributed by atoms with Crippen LogP contribution in [0.5, 0.6) is 0 Å². The number of hydrogen-bond acceptors (Lipinski definition) is 5. The van der Waals surface area contributed by atoms with E-state index in [-0.39, 0.29) is 0 Å². The molecule has 0 unspecified atom stereocenters. The molecule has 3 aromatic rings. The molecule has 5 nitrogen and oxygen atoms in total. The van der Waals surface area contributed by atoms with Gasteiger partial charge in [0.1, 0.15) is 6.10 Å². The first-order chi connectivity index (χ1) is 9.33. The van der Waals surface area contributed by atoms with Crippen molar-refractivity contribution in [2.45, 2.75) is 12.6 Å². The molecule has 96 valence electrons. The van der Waals surface area contributed by atoms with Crippen molar-refractivity contribution in [2.24, 2.45) is 0 Å². The van der Waals surface area contributed by atoms with E-state index in [0.29, 0.717) is 12.4 Å². The van der Waals surface area contributed by atoms with Gasteiger partial charge in [-0.15, -0.1) is 21.5 Å². The molecule has 19 heavy (non-hydrogen) atoms. The largest absolute Gasteiger partial charge is 0.386 e. The summed E-state index contributed by atoms with van der Waals surface area (Å²) in [5.74, 6) is 0.593. The van der Waals surface area contributed by atoms with E-state index in [1.54, 1.807) is 11.3 Å². The second kappa shape index (κ2) is 5.29. The molecule has 2 aromatic heterocycles. The van der Waals surface area contributed by atoms with Crippen molar-refractivity contribution in [2.75, 3.05) is 0 Å². The zero-order valence-electron chi connectivity index (χ0n) is 10.0. The summed E-state index contributed by atoms with van der Waals surface area (Å²) in [6.45, 7) is 0.294. The lowest BCUT2D eigenvalue weighted by Gasteiger charge is -2.08. The van der Waals surface area contributed by atoms with Gasteiger partial charge in [0.15, 0.2) is 0 Å². The van der Waals surface area contributed by atoms with Gasteiger partial charge in [-0.2, -0.15) is 4.80 Å². The van der Waals surface area contributed by atoms with Gasteiger partial charge in [-0.1, -0.05) is 36.4 Å². The molecule has 0 radical (unpaired) electrons. The highest BCUT2D eigenvalue weighted by Crippen LogP contribution is 2.20. The molecule has 0 amide bonds. The van der Waals surface area contributed by atoms with Crippen LogP contribution in [0.1, 0.15) is 11.7 Å². The fourth-order valence-electron chi connectivity index (χ4n) is 1.76. The highest BCUT2D eigenvalue weighted by atomic mass is 32.1. The Morgan fingerprint density at radius 2 is 2.00 bits per heavy atom. The Kier molecular flexibility index (Phi) is 3.35. The summed E-state index contributed by atoms with van der Waals surface area (Å²) in [7, 11) is 0. The van der Waals surface area contributed by atoms with Crippen LogP contribution in [0, 0.1) is 0 Å². The van der Waals surface area contributed by atoms with E-state index in [2.05, 4.69) is 15.4 Å². The Morgan fingerprint density at radius 3 is 2.74 bits per heavy atom. The lowest BCUT2D eigenvalue weighted by molar-refractivity contribution is 0.144. The molecule has 3 rings (SSSR count). The van der Waals surface area contributed by atoms with Crippen LogP contribution in [-0.2, 0) is 6.54 Å². The predicted molar refractivity (Wildman–Crippen MR) is 72.5 cm³/mol. The number of nitrogens with zero attached hydrogens (tertiary/aromatic N) is 4. The van der Waals surface area contributed by atoms with Crippen molar-refractivity contribution in [3.63, 3.8) is 0 Å². The molecule has 2 heterocycles. The second-order valence-corrected chi connectivity index (χ2v) is 5.02. The molecule has 0 aliphatic rings. The van der Waals surface area contributed by atoms with Crippen molar-refractivity contribution in [3.8, 4) is 10.7 Å². The molecule has 0 saturated carbocycles. The maximum Gasteiger partial charge on any atom is 0.214 e. The third kappa shape index (κ3) is 2.69. The SMILES string of the molecule is O[C@H](Cn1nnc(-c2cccs2)n1)c1ccccc1. The average Bonchev–Trinajstić information content (AvgIpc) is 3.10. The number of benzene rings is 1. The van der Waals surface area contributed by atoms with Gasteiger partial charge in [0.05, 0.1) is 11.4 Å². The minimum atomic E-state index is -0.633. The van der Waals surface area contributed by atoms with Crippen LogP contribution in [0.2, 0.25) is 0 Å². The molecule has 0 spiro atoms. The first kappa shape index (κ1) is 12.0. The Labute approximate surface area is 114 Å². The van der Waals surface area contributed by atoms with Gasteiger partial charge in [0.2, 0.25) is 5.82 Å². The van der Waals surface area contributed by atoms with Gasteiger partial charge in [-0.3, -0.25) is 0 Å². The summed E-state index contributed by atoms with van der Waals surface area (Å²) < 4.78 is 0. The number of thiophene rings is 1. The van der Waals surface area contributed by atoms with E-state index in [0.717, 1.165) is 10.4 Å². The van der Waals surface area contributed by atoms with Crippen LogP contribution in [-0.4, -0.2) is 25.3 Å². The average molecular weight is 272 g/mol. The Balaban J connectivity index is 1.74. The third-order valence-corrected chi connectivity index (χ3v) is 3.58. The van der Waals surface area contributed by atoms with E-state index in [9.17, 15) is 5.11 Å². The standard InChI is InChI=1S/C13H12N4OS/c18-11(10-5-2-1-3-6-10)9-17-15-13(14-16-17)12-7-4-8-19-12/h1-8,11,18H,9H2/t11-/m1/s1. The van der Waals surface area contributed by atoms with Crippen molar-refractivity contribution in [1.29, 1.82) is 0 Å². The quantitative estimate of drug-likeness (QED) is 0.790. The normalized spacial score (nSPS) is 12.5. The summed E-state index contributed by atoms with van der Waals surface area (Å²) in [5.41, 5.74) is 0.845. The monoisotopic (exact) mass is 272 g/mol. The Hall–Kier alpha value is -2.05. The van der Waals surface area contributed by atoms with Crippen molar-refractivity contribution < 1.29 is 5.11 Å². The molecule has 1 aromatic carbocycles. The number of aliphatic hydroxyl groups is 1. The molecular formula is C13H12N4OS. The zero-order valence-corrected chi connectivity index (χ0v) is 10.9. The van der Waals surface area contributed by atoms with Gasteiger partial charge >= 0.3 is 0 Å². The lowest BCUT2D eigenvalue weighted by atomic mass is 10.1. The molecule has 0 aliphatic heterocycles. The fourth-order valence-corrected chi connectivity index (χ4v) is 2.41. The topological polar surface area (TPSA) is 63.8 Å². The van der Waals surface area contributed by atoms with E-state index in [4.69, 9.17) is 0 Å². The van der Waals surface area contributed by atoms with Crippen LogP contribution in [0.4, 0.5) is 0 Å². The molecule has 1 N–H and O–H groups in total. The first-order valence-electron chi connectivity index (χ1n) is 5.87. The van der Waals surface area contributed by atoms with Crippen molar-refractivity contribution >= 4 is 11.3 Å². The molecule has 0 fully saturated rings.